The van der Waals surface area contributed by atoms with Crippen molar-refractivity contribution in [3.8, 4) is 11.1 Å². The monoisotopic (exact) mass is 430 g/mol. The topological polar surface area (TPSA) is 93.9 Å². The Morgan fingerprint density at radius 3 is 2.81 bits per heavy atom. The Morgan fingerprint density at radius 1 is 1.09 bits per heavy atom. The maximum absolute atomic E-state index is 5.63. The third kappa shape index (κ3) is 4.11. The molecule has 0 aliphatic carbocycles. The normalized spacial score (nSPS) is 14.3. The highest BCUT2D eigenvalue weighted by molar-refractivity contribution is 5.84. The molecule has 0 saturated carbocycles. The fraction of sp³-hybridized carbons (Fsp3) is 0.348. The van der Waals surface area contributed by atoms with E-state index in [9.17, 15) is 0 Å². The lowest BCUT2D eigenvalue weighted by Gasteiger charge is -2.27. The van der Waals surface area contributed by atoms with Gasteiger partial charge in [-0.2, -0.15) is 10.2 Å². The summed E-state index contributed by atoms with van der Waals surface area (Å²) >= 11 is 0. The molecule has 1 aliphatic heterocycles. The van der Waals surface area contributed by atoms with E-state index >= 15 is 0 Å². The Bertz CT molecular complexity index is 1250. The van der Waals surface area contributed by atoms with Gasteiger partial charge in [0.25, 0.3) is 0 Å². The standard InChI is InChI=1S/C23H26N8O/c1-15(2)16-10-22(28-25-12-16)27-21-6-5-19-20(26-21)9-17(11-24-19)18-13-30(3)29-23(18)31-7-4-8-32-14-31/h5-6,9-13,15H,4,7-8,14H2,1-3H3,(H,26,27,28). The number of hydrogen-bond donors (Lipinski definition) is 1. The Morgan fingerprint density at radius 2 is 2.00 bits per heavy atom. The van der Waals surface area contributed by atoms with Crippen LogP contribution in [0.4, 0.5) is 17.5 Å². The van der Waals surface area contributed by atoms with E-state index in [-0.39, 0.29) is 0 Å². The van der Waals surface area contributed by atoms with Crippen LogP contribution in [0.15, 0.2) is 42.9 Å². The summed E-state index contributed by atoms with van der Waals surface area (Å²) in [5.74, 6) is 2.65. The molecule has 0 atom stereocenters. The molecule has 5 rings (SSSR count). The molecule has 0 radical (unpaired) electrons. The van der Waals surface area contributed by atoms with Gasteiger partial charge in [0.15, 0.2) is 11.6 Å². The first-order chi connectivity index (χ1) is 15.6. The number of pyridine rings is 2. The van der Waals surface area contributed by atoms with Gasteiger partial charge in [0.1, 0.15) is 12.5 Å². The summed E-state index contributed by atoms with van der Waals surface area (Å²) < 4.78 is 7.46. The van der Waals surface area contributed by atoms with Crippen molar-refractivity contribution in [3.63, 3.8) is 0 Å². The van der Waals surface area contributed by atoms with Gasteiger partial charge >= 0.3 is 0 Å². The van der Waals surface area contributed by atoms with Gasteiger partial charge in [-0.15, -0.1) is 5.10 Å². The SMILES string of the molecule is CC(C)c1cnnc(Nc2ccc3ncc(-c4cn(C)nc4N4CCCOC4)cc3n2)c1. The number of fused-ring (bicyclic) bond motifs is 1. The van der Waals surface area contributed by atoms with E-state index in [1.807, 2.05) is 42.3 Å². The van der Waals surface area contributed by atoms with E-state index in [2.05, 4.69) is 50.4 Å². The van der Waals surface area contributed by atoms with Crippen molar-refractivity contribution in [2.75, 3.05) is 30.1 Å². The van der Waals surface area contributed by atoms with Gasteiger partial charge in [-0.25, -0.2) is 4.98 Å². The van der Waals surface area contributed by atoms with Crippen LogP contribution in [0.3, 0.4) is 0 Å². The van der Waals surface area contributed by atoms with E-state index in [0.29, 0.717) is 24.3 Å². The smallest absolute Gasteiger partial charge is 0.160 e. The van der Waals surface area contributed by atoms with Crippen LogP contribution in [-0.4, -0.2) is 49.8 Å². The van der Waals surface area contributed by atoms with Crippen molar-refractivity contribution >= 4 is 28.5 Å². The molecule has 9 nitrogen and oxygen atoms in total. The molecule has 0 aromatic carbocycles. The van der Waals surface area contributed by atoms with Gasteiger partial charge in [0, 0.05) is 37.1 Å². The number of aryl methyl sites for hydroxylation is 1. The maximum atomic E-state index is 5.63. The van der Waals surface area contributed by atoms with E-state index in [1.165, 1.54) is 0 Å². The molecule has 0 spiro atoms. The molecule has 1 aliphatic rings. The second kappa shape index (κ2) is 8.51. The predicted molar refractivity (Wildman–Crippen MR) is 124 cm³/mol. The predicted octanol–water partition coefficient (Wildman–Crippen LogP) is 3.87. The minimum atomic E-state index is 0.376. The fourth-order valence-electron chi connectivity index (χ4n) is 3.79. The molecule has 5 heterocycles. The van der Waals surface area contributed by atoms with Crippen molar-refractivity contribution in [2.45, 2.75) is 26.2 Å². The lowest BCUT2D eigenvalue weighted by molar-refractivity contribution is 0.106. The third-order valence-electron chi connectivity index (χ3n) is 5.52. The van der Waals surface area contributed by atoms with Crippen molar-refractivity contribution in [1.82, 2.24) is 29.9 Å². The number of nitrogens with zero attached hydrogens (tertiary/aromatic N) is 7. The Labute approximate surface area is 186 Å². The van der Waals surface area contributed by atoms with Crippen molar-refractivity contribution < 1.29 is 4.74 Å². The molecular weight excluding hydrogens is 404 g/mol. The molecule has 1 N–H and O–H groups in total. The summed E-state index contributed by atoms with van der Waals surface area (Å²) in [5, 5.41) is 16.2. The van der Waals surface area contributed by atoms with Crippen molar-refractivity contribution in [2.24, 2.45) is 7.05 Å². The molecule has 1 fully saturated rings. The summed E-state index contributed by atoms with van der Waals surface area (Å²) in [6.45, 7) is 6.53. The van der Waals surface area contributed by atoms with Crippen LogP contribution in [0.25, 0.3) is 22.2 Å². The first kappa shape index (κ1) is 20.3. The number of rotatable bonds is 5. The Hall–Kier alpha value is -3.59. The van der Waals surface area contributed by atoms with E-state index in [4.69, 9.17) is 9.72 Å². The highest BCUT2D eigenvalue weighted by Crippen LogP contribution is 2.31. The highest BCUT2D eigenvalue weighted by atomic mass is 16.5. The molecular formula is C23H26N8O. The molecule has 32 heavy (non-hydrogen) atoms. The number of aromatic nitrogens is 6. The molecule has 9 heteroatoms. The number of nitrogens with one attached hydrogen (secondary N) is 1. The van der Waals surface area contributed by atoms with Crippen LogP contribution in [0.5, 0.6) is 0 Å². The quantitative estimate of drug-likeness (QED) is 0.510. The number of anilines is 3. The van der Waals surface area contributed by atoms with Gasteiger partial charge in [-0.3, -0.25) is 9.67 Å². The van der Waals surface area contributed by atoms with Crippen LogP contribution >= 0.6 is 0 Å². The van der Waals surface area contributed by atoms with E-state index in [0.717, 1.165) is 53.1 Å². The van der Waals surface area contributed by atoms with Crippen molar-refractivity contribution in [1.29, 1.82) is 0 Å². The van der Waals surface area contributed by atoms with Gasteiger partial charge in [-0.05, 0) is 42.2 Å². The van der Waals surface area contributed by atoms with Crippen molar-refractivity contribution in [3.05, 3.63) is 48.4 Å². The summed E-state index contributed by atoms with van der Waals surface area (Å²) in [6.07, 6.45) is 6.67. The first-order valence-electron chi connectivity index (χ1n) is 10.8. The minimum Gasteiger partial charge on any atom is -0.361 e. The lowest BCUT2D eigenvalue weighted by Crippen LogP contribution is -2.33. The summed E-state index contributed by atoms with van der Waals surface area (Å²) in [6, 6.07) is 7.91. The zero-order valence-corrected chi connectivity index (χ0v) is 18.5. The van der Waals surface area contributed by atoms with Gasteiger partial charge < -0.3 is 15.0 Å². The molecule has 0 amide bonds. The fourth-order valence-corrected chi connectivity index (χ4v) is 3.79. The molecule has 0 bridgehead atoms. The summed E-state index contributed by atoms with van der Waals surface area (Å²) in [4.78, 5) is 11.6. The maximum Gasteiger partial charge on any atom is 0.160 e. The molecule has 164 valence electrons. The molecule has 0 unspecified atom stereocenters. The largest absolute Gasteiger partial charge is 0.361 e. The number of hydrogen-bond acceptors (Lipinski definition) is 8. The average molecular weight is 431 g/mol. The zero-order valence-electron chi connectivity index (χ0n) is 18.5. The molecule has 4 aromatic heterocycles. The average Bonchev–Trinajstić information content (AvgIpc) is 3.21. The number of ether oxygens (including phenoxy) is 1. The Balaban J connectivity index is 1.47. The van der Waals surface area contributed by atoms with Gasteiger partial charge in [-0.1, -0.05) is 13.8 Å². The molecule has 1 saturated heterocycles. The van der Waals surface area contributed by atoms with Crippen LogP contribution in [0.1, 0.15) is 31.7 Å². The summed E-state index contributed by atoms with van der Waals surface area (Å²) in [7, 11) is 1.93. The van der Waals surface area contributed by atoms with E-state index < -0.39 is 0 Å². The lowest BCUT2D eigenvalue weighted by atomic mass is 10.1. The van der Waals surface area contributed by atoms with Crippen LogP contribution in [-0.2, 0) is 11.8 Å². The second-order valence-electron chi connectivity index (χ2n) is 8.31. The first-order valence-corrected chi connectivity index (χ1v) is 10.8. The van der Waals surface area contributed by atoms with Crippen LogP contribution < -0.4 is 10.2 Å². The Kier molecular flexibility index (Phi) is 5.40. The third-order valence-corrected chi connectivity index (χ3v) is 5.52. The highest BCUT2D eigenvalue weighted by Gasteiger charge is 2.20. The van der Waals surface area contributed by atoms with Crippen LogP contribution in [0.2, 0.25) is 0 Å². The minimum absolute atomic E-state index is 0.376. The van der Waals surface area contributed by atoms with Crippen LogP contribution in [0, 0.1) is 0 Å². The second-order valence-corrected chi connectivity index (χ2v) is 8.31. The van der Waals surface area contributed by atoms with Gasteiger partial charge in [0.05, 0.1) is 23.8 Å². The van der Waals surface area contributed by atoms with Gasteiger partial charge in [0.2, 0.25) is 0 Å². The zero-order chi connectivity index (χ0) is 22.1. The molecule has 4 aromatic rings. The summed E-state index contributed by atoms with van der Waals surface area (Å²) in [5.41, 5.74) is 4.73. The van der Waals surface area contributed by atoms with E-state index in [1.54, 1.807) is 6.20 Å².